The predicted octanol–water partition coefficient (Wildman–Crippen LogP) is 8.44. The summed E-state index contributed by atoms with van der Waals surface area (Å²) in [7, 11) is 0. The molecule has 0 bridgehead atoms. The predicted molar refractivity (Wildman–Crippen MR) is 210 cm³/mol. The Morgan fingerprint density at radius 2 is 1.49 bits per heavy atom. The molecule has 4 rings (SSSR count). The van der Waals surface area contributed by atoms with Gasteiger partial charge in [-0.2, -0.15) is 0 Å². The van der Waals surface area contributed by atoms with E-state index in [2.05, 4.69) is 19.1 Å². The Bertz CT molecular complexity index is 1270. The minimum Gasteiger partial charge on any atom is -0.459 e. The molecule has 1 unspecified atom stereocenters. The first-order valence-corrected chi connectivity index (χ1v) is 21.5. The molecule has 304 valence electrons. The molecule has 3 fully saturated rings. The van der Waals surface area contributed by atoms with E-state index in [4.69, 9.17) is 4.74 Å². The quantitative estimate of drug-likeness (QED) is 0.0448. The highest BCUT2D eigenvalue weighted by molar-refractivity contribution is 5.95. The van der Waals surface area contributed by atoms with Gasteiger partial charge in [0, 0.05) is 17.8 Å². The molecule has 0 aromatic heterocycles. The Balaban J connectivity index is 1.33. The first-order valence-electron chi connectivity index (χ1n) is 21.5. The second-order valence-corrected chi connectivity index (χ2v) is 19.0. The smallest absolute Gasteiger partial charge is 0.306 e. The van der Waals surface area contributed by atoms with Crippen molar-refractivity contribution in [1.82, 2.24) is 0 Å². The fraction of sp³-hybridized carbons (Fsp3) is 0.867. The molecular weight excluding hydrogens is 668 g/mol. The lowest BCUT2D eigenvalue weighted by Gasteiger charge is -2.60. The molecule has 0 aromatic carbocycles. The molecule has 0 radical (unpaired) electrons. The van der Waals surface area contributed by atoms with Crippen LogP contribution in [0, 0.1) is 28.6 Å². The summed E-state index contributed by atoms with van der Waals surface area (Å²) in [5.74, 6) is -1.41. The van der Waals surface area contributed by atoms with Gasteiger partial charge < -0.3 is 30.3 Å². The van der Waals surface area contributed by atoms with Gasteiger partial charge in [-0.25, -0.2) is 0 Å². The monoisotopic (exact) mass is 745 g/mol. The van der Waals surface area contributed by atoms with Crippen LogP contribution in [-0.2, 0) is 14.3 Å². The Labute approximate surface area is 321 Å². The van der Waals surface area contributed by atoms with Crippen molar-refractivity contribution in [2.75, 3.05) is 0 Å². The Morgan fingerprint density at radius 1 is 0.887 bits per heavy atom. The van der Waals surface area contributed by atoms with Crippen molar-refractivity contribution in [2.45, 2.75) is 218 Å². The number of ketones is 1. The molecular formula is C45H76O8. The lowest BCUT2D eigenvalue weighted by atomic mass is 9.45. The van der Waals surface area contributed by atoms with E-state index in [0.29, 0.717) is 44.1 Å². The minimum absolute atomic E-state index is 0.106. The lowest BCUT2D eigenvalue weighted by Crippen LogP contribution is -2.63. The van der Waals surface area contributed by atoms with Gasteiger partial charge in [-0.1, -0.05) is 84.3 Å². The maximum absolute atomic E-state index is 13.6. The van der Waals surface area contributed by atoms with Crippen molar-refractivity contribution in [2.24, 2.45) is 28.6 Å². The summed E-state index contributed by atoms with van der Waals surface area (Å²) in [6.45, 7) is 11.4. The van der Waals surface area contributed by atoms with Crippen LogP contribution in [0.1, 0.15) is 183 Å². The summed E-state index contributed by atoms with van der Waals surface area (Å²) < 4.78 is 6.12. The Hall–Kier alpha value is -1.58. The SMILES string of the molecule is CCCCCCCC/C=C\CCCCCCCC(=O)OC(CCC(C)(C)O)[C@](C)(O)[C@H]1CC[C@@]2(O)C3=CC(=O)[C@@H]4C[C@@H](O)[C@@H](O)C[C@]4(C)[C@H]3CC[C@]12C. The van der Waals surface area contributed by atoms with Gasteiger partial charge in [0.2, 0.25) is 0 Å². The zero-order chi connectivity index (χ0) is 39.1. The highest BCUT2D eigenvalue weighted by Crippen LogP contribution is 2.68. The standard InChI is InChI=1S/C45H76O8/c1-7-8-9-10-11-12-13-14-15-16-17-18-19-20-21-22-40(49)53-39(25-26-41(2,3)50)44(6,51)38-24-28-45(52)33-29-35(46)34-30-36(47)37(48)31-42(34,4)32(33)23-27-43(38,45)5/h14-15,29,32,34,36-39,47-48,50-52H,7-13,16-28,30-31H2,1-6H3/b15-14-/t32-,34-,36+,37-,38-,39?,42+,43+,44+,45+/m0/s1. The van der Waals surface area contributed by atoms with E-state index in [9.17, 15) is 35.1 Å². The zero-order valence-corrected chi connectivity index (χ0v) is 34.2. The van der Waals surface area contributed by atoms with Crippen LogP contribution in [0.2, 0.25) is 0 Å². The minimum atomic E-state index is -1.49. The second kappa shape index (κ2) is 18.6. The molecule has 0 amide bonds. The number of allylic oxidation sites excluding steroid dienone is 3. The maximum Gasteiger partial charge on any atom is 0.306 e. The molecule has 5 N–H and O–H groups in total. The largest absolute Gasteiger partial charge is 0.459 e. The Kier molecular flexibility index (Phi) is 15.5. The van der Waals surface area contributed by atoms with Crippen LogP contribution in [0.25, 0.3) is 0 Å². The first-order chi connectivity index (χ1) is 24.9. The average Bonchev–Trinajstić information content (AvgIpc) is 3.37. The van der Waals surface area contributed by atoms with Crippen LogP contribution < -0.4 is 0 Å². The molecule has 53 heavy (non-hydrogen) atoms. The topological polar surface area (TPSA) is 145 Å². The molecule has 3 saturated carbocycles. The van der Waals surface area contributed by atoms with E-state index in [0.717, 1.165) is 38.5 Å². The van der Waals surface area contributed by atoms with Crippen LogP contribution in [0.15, 0.2) is 23.8 Å². The van der Waals surface area contributed by atoms with Crippen molar-refractivity contribution in [3.8, 4) is 0 Å². The van der Waals surface area contributed by atoms with Crippen molar-refractivity contribution in [3.05, 3.63) is 23.8 Å². The number of aliphatic hydroxyl groups excluding tert-OH is 2. The number of fused-ring (bicyclic) bond motifs is 5. The van der Waals surface area contributed by atoms with E-state index >= 15 is 0 Å². The second-order valence-electron chi connectivity index (χ2n) is 19.0. The first kappa shape index (κ1) is 44.1. The van der Waals surface area contributed by atoms with Gasteiger partial charge in [-0.05, 0) is 133 Å². The summed E-state index contributed by atoms with van der Waals surface area (Å²) in [6, 6.07) is 0. The van der Waals surface area contributed by atoms with Crippen LogP contribution in [0.4, 0.5) is 0 Å². The summed E-state index contributed by atoms with van der Waals surface area (Å²) in [4.78, 5) is 26.9. The summed E-state index contributed by atoms with van der Waals surface area (Å²) in [5.41, 5.74) is -4.52. The molecule has 10 atom stereocenters. The molecule has 0 saturated heterocycles. The number of rotatable bonds is 21. The number of hydrogen-bond acceptors (Lipinski definition) is 8. The molecule has 4 aliphatic carbocycles. The van der Waals surface area contributed by atoms with Crippen molar-refractivity contribution in [1.29, 1.82) is 0 Å². The molecule has 0 aromatic rings. The van der Waals surface area contributed by atoms with E-state index in [1.54, 1.807) is 26.8 Å². The molecule has 0 aliphatic heterocycles. The number of carbonyl (C=O) groups is 2. The van der Waals surface area contributed by atoms with Crippen LogP contribution in [0.5, 0.6) is 0 Å². The van der Waals surface area contributed by atoms with Crippen LogP contribution >= 0.6 is 0 Å². The highest BCUT2D eigenvalue weighted by Gasteiger charge is 2.69. The third kappa shape index (κ3) is 10.2. The van der Waals surface area contributed by atoms with E-state index in [1.807, 2.05) is 13.8 Å². The fourth-order valence-electron chi connectivity index (χ4n) is 11.0. The summed E-state index contributed by atoms with van der Waals surface area (Å²) in [6.07, 6.45) is 22.4. The fourth-order valence-corrected chi connectivity index (χ4v) is 11.0. The van der Waals surface area contributed by atoms with Gasteiger partial charge in [0.05, 0.1) is 23.4 Å². The van der Waals surface area contributed by atoms with Crippen LogP contribution in [-0.4, -0.2) is 72.4 Å². The van der Waals surface area contributed by atoms with Gasteiger partial charge in [-0.3, -0.25) is 9.59 Å². The van der Waals surface area contributed by atoms with Gasteiger partial charge in [0.1, 0.15) is 11.7 Å². The summed E-state index contributed by atoms with van der Waals surface area (Å²) in [5, 5.41) is 56.9. The van der Waals surface area contributed by atoms with E-state index in [1.165, 1.54) is 44.9 Å². The van der Waals surface area contributed by atoms with Gasteiger partial charge >= 0.3 is 5.97 Å². The third-order valence-electron chi connectivity index (χ3n) is 14.4. The number of esters is 1. The number of hydrogen-bond donors (Lipinski definition) is 5. The molecule has 0 heterocycles. The molecule has 8 nitrogen and oxygen atoms in total. The third-order valence-corrected chi connectivity index (χ3v) is 14.4. The highest BCUT2D eigenvalue weighted by atomic mass is 16.6. The lowest BCUT2D eigenvalue weighted by molar-refractivity contribution is -0.194. The van der Waals surface area contributed by atoms with Crippen molar-refractivity contribution >= 4 is 11.8 Å². The van der Waals surface area contributed by atoms with Gasteiger partial charge in [0.15, 0.2) is 5.78 Å². The maximum atomic E-state index is 13.6. The molecule has 0 spiro atoms. The number of carbonyl (C=O) groups excluding carboxylic acids is 2. The van der Waals surface area contributed by atoms with Crippen LogP contribution in [0.3, 0.4) is 0 Å². The number of aliphatic hydroxyl groups is 5. The van der Waals surface area contributed by atoms with E-state index < -0.39 is 57.8 Å². The van der Waals surface area contributed by atoms with E-state index in [-0.39, 0.29) is 36.9 Å². The number of unbranched alkanes of at least 4 members (excludes halogenated alkanes) is 11. The average molecular weight is 745 g/mol. The van der Waals surface area contributed by atoms with Gasteiger partial charge in [0.25, 0.3) is 0 Å². The molecule has 8 heteroatoms. The molecule has 4 aliphatic rings. The Morgan fingerprint density at radius 3 is 2.11 bits per heavy atom. The summed E-state index contributed by atoms with van der Waals surface area (Å²) >= 11 is 0. The van der Waals surface area contributed by atoms with Gasteiger partial charge in [-0.15, -0.1) is 0 Å². The number of ether oxygens (including phenoxy) is 1. The normalized spacial score (nSPS) is 34.6. The zero-order valence-electron chi connectivity index (χ0n) is 34.2. The van der Waals surface area contributed by atoms with Crippen molar-refractivity contribution < 1.29 is 39.9 Å². The van der Waals surface area contributed by atoms with Crippen molar-refractivity contribution in [3.63, 3.8) is 0 Å².